The van der Waals surface area contributed by atoms with E-state index in [2.05, 4.69) is 9.69 Å². The molecule has 0 saturated carbocycles. The van der Waals surface area contributed by atoms with Crippen molar-refractivity contribution in [1.29, 1.82) is 21.0 Å². The van der Waals surface area contributed by atoms with Gasteiger partial charge >= 0.3 is 0 Å². The molecular weight excluding hydrogens is 362 g/mol. The van der Waals surface area contributed by atoms with Crippen LogP contribution in [0.3, 0.4) is 0 Å². The molecule has 2 aliphatic rings. The Morgan fingerprint density at radius 3 is 1.36 bits per heavy atom. The third-order valence-corrected chi connectivity index (χ3v) is 4.25. The van der Waals surface area contributed by atoms with Crippen molar-refractivity contribution >= 4 is 22.3 Å². The van der Waals surface area contributed by atoms with Crippen LogP contribution in [0, 0.1) is 58.5 Å². The first kappa shape index (κ1) is 17.8. The van der Waals surface area contributed by atoms with Crippen molar-refractivity contribution in [3.05, 3.63) is 80.3 Å². The van der Waals surface area contributed by atoms with Crippen molar-refractivity contribution in [2.75, 3.05) is 0 Å². The first-order chi connectivity index (χ1) is 13.5. The summed E-state index contributed by atoms with van der Waals surface area (Å²) in [5, 5.41) is 36.8. The van der Waals surface area contributed by atoms with Crippen LogP contribution in [0.2, 0.25) is 0 Å². The summed E-state index contributed by atoms with van der Waals surface area (Å²) in [4.78, 5) is 5.94. The van der Waals surface area contributed by atoms with E-state index in [-0.39, 0.29) is 22.3 Å². The fourth-order valence-corrected chi connectivity index (χ4v) is 3.11. The summed E-state index contributed by atoms with van der Waals surface area (Å²) in [6.07, 6.45) is 0. The average molecular weight is 364 g/mol. The Bertz CT molecular complexity index is 1240. The van der Waals surface area contributed by atoms with Crippen LogP contribution in [0.1, 0.15) is 22.3 Å². The number of halogens is 2. The highest BCUT2D eigenvalue weighted by Crippen LogP contribution is 2.50. The number of nitrogens with zero attached hydrogens (tertiary/aromatic N) is 6. The molecule has 6 nitrogen and oxygen atoms in total. The molecule has 0 bridgehead atoms. The fraction of sp³-hybridized carbons (Fsp3) is 0. The molecule has 28 heavy (non-hydrogen) atoms. The smallest absolute Gasteiger partial charge is 0.226 e. The maximum absolute atomic E-state index is 14.7. The average Bonchev–Trinajstić information content (AvgIpc) is 3.13. The molecule has 0 spiro atoms. The molecule has 1 aromatic rings. The van der Waals surface area contributed by atoms with Crippen LogP contribution in [0.25, 0.3) is 32.0 Å². The molecule has 0 radical (unpaired) electrons. The van der Waals surface area contributed by atoms with Gasteiger partial charge in [0.1, 0.15) is 23.8 Å². The highest BCUT2D eigenvalue weighted by Gasteiger charge is 2.36. The largest absolute Gasteiger partial charge is 0.272 e. The molecule has 0 amide bonds. The topological polar surface area (TPSA) is 104 Å². The van der Waals surface area contributed by atoms with Gasteiger partial charge in [-0.05, 0) is 23.3 Å². The Morgan fingerprint density at radius 1 is 0.714 bits per heavy atom. The predicted octanol–water partition coefficient (Wildman–Crippen LogP) is 4.43. The molecule has 8 heteroatoms. The Hall–Kier alpha value is -5.02. The number of fused-ring (bicyclic) bond motifs is 2. The molecule has 0 atom stereocenters. The second-order valence-corrected chi connectivity index (χ2v) is 5.44. The van der Waals surface area contributed by atoms with Crippen molar-refractivity contribution in [3.63, 3.8) is 0 Å². The van der Waals surface area contributed by atoms with E-state index in [4.69, 9.17) is 23.7 Å². The first-order valence-electron chi connectivity index (χ1n) is 7.32. The van der Waals surface area contributed by atoms with Gasteiger partial charge in [0, 0.05) is 22.3 Å². The van der Waals surface area contributed by atoms with E-state index in [9.17, 15) is 19.3 Å². The summed E-state index contributed by atoms with van der Waals surface area (Å²) in [5.74, 6) is -2.15. The zero-order valence-corrected chi connectivity index (χ0v) is 13.6. The number of hydrogen-bond donors (Lipinski definition) is 0. The lowest BCUT2D eigenvalue weighted by Crippen LogP contribution is -1.93. The van der Waals surface area contributed by atoms with Gasteiger partial charge in [-0.1, -0.05) is 0 Å². The van der Waals surface area contributed by atoms with Gasteiger partial charge in [-0.25, -0.2) is 29.0 Å². The molecule has 2 aliphatic carbocycles. The third-order valence-electron chi connectivity index (χ3n) is 4.25. The van der Waals surface area contributed by atoms with Crippen LogP contribution < -0.4 is 0 Å². The van der Waals surface area contributed by atoms with Gasteiger partial charge in [0.05, 0.1) is 36.4 Å². The van der Waals surface area contributed by atoms with Gasteiger partial charge in [0.15, 0.2) is 0 Å². The summed E-state index contributed by atoms with van der Waals surface area (Å²) in [7, 11) is 0. The Kier molecular flexibility index (Phi) is 4.05. The monoisotopic (exact) mass is 364 g/mol. The molecule has 0 unspecified atom stereocenters. The molecule has 1 aromatic carbocycles. The van der Waals surface area contributed by atoms with E-state index < -0.39 is 45.3 Å². The summed E-state index contributed by atoms with van der Waals surface area (Å²) in [5.41, 5.74) is -3.01. The van der Waals surface area contributed by atoms with E-state index >= 15 is 0 Å². The molecular formula is C20H2F2N6. The van der Waals surface area contributed by atoms with Gasteiger partial charge in [0.2, 0.25) is 0 Å². The lowest BCUT2D eigenvalue weighted by atomic mass is 9.93. The second-order valence-electron chi connectivity index (χ2n) is 5.44. The highest BCUT2D eigenvalue weighted by atomic mass is 19.1. The normalized spacial score (nSPS) is 17.3. The fourth-order valence-electron chi connectivity index (χ4n) is 3.11. The number of rotatable bonds is 0. The highest BCUT2D eigenvalue weighted by molar-refractivity contribution is 6.10. The number of hydrogen-bond acceptors (Lipinski definition) is 4. The minimum absolute atomic E-state index is 0.00623. The lowest BCUT2D eigenvalue weighted by Gasteiger charge is -2.09. The van der Waals surface area contributed by atoms with E-state index in [1.807, 2.05) is 0 Å². The molecule has 126 valence electrons. The Morgan fingerprint density at radius 2 is 1.07 bits per heavy atom. The summed E-state index contributed by atoms with van der Waals surface area (Å²) < 4.78 is 29.5. The third kappa shape index (κ3) is 2.11. The lowest BCUT2D eigenvalue weighted by molar-refractivity contribution is 0.681. The molecule has 0 heterocycles. The van der Waals surface area contributed by atoms with Crippen molar-refractivity contribution in [2.24, 2.45) is 0 Å². The minimum atomic E-state index is -1.08. The van der Waals surface area contributed by atoms with Gasteiger partial charge < -0.3 is 0 Å². The van der Waals surface area contributed by atoms with Gasteiger partial charge in [-0.15, -0.1) is 0 Å². The quantitative estimate of drug-likeness (QED) is 0.501. The van der Waals surface area contributed by atoms with E-state index in [1.54, 1.807) is 24.3 Å². The summed E-state index contributed by atoms with van der Waals surface area (Å²) in [6.45, 7) is 14.1. The molecule has 0 fully saturated rings. The van der Waals surface area contributed by atoms with Crippen molar-refractivity contribution < 1.29 is 8.78 Å². The second kappa shape index (κ2) is 6.37. The standard InChI is InChI=1S/C20H2F2N6/c1-27-15(7-25)17-11-4-12-10(3-9(11)13(5-23)19(17)21)14(6-24)20(22)18(12)16(8-26)28-2/h3-4H/b17-15-,18-16+. The van der Waals surface area contributed by atoms with Crippen LogP contribution >= 0.6 is 0 Å². The van der Waals surface area contributed by atoms with Crippen LogP contribution in [0.4, 0.5) is 8.78 Å². The van der Waals surface area contributed by atoms with Crippen LogP contribution in [0.5, 0.6) is 0 Å². The number of benzene rings is 1. The molecule has 3 rings (SSSR count). The maximum Gasteiger partial charge on any atom is 0.272 e. The molecule has 0 saturated heterocycles. The zero-order chi connectivity index (χ0) is 20.6. The molecule has 0 aliphatic heterocycles. The maximum atomic E-state index is 14.7. The van der Waals surface area contributed by atoms with Crippen molar-refractivity contribution in [3.8, 4) is 24.3 Å². The number of nitriles is 4. The SMILES string of the molecule is [C-]#[N+]/C(C#N)=C1\C(F)=C(C#N)c2cc3c(cc21)/C(=C(/C#N)[N+]#[C-])C(F)=C3C#N. The number of allylic oxidation sites excluding steroid dienone is 8. The minimum Gasteiger partial charge on any atom is -0.226 e. The Labute approximate surface area is 157 Å². The van der Waals surface area contributed by atoms with Crippen LogP contribution in [-0.4, -0.2) is 0 Å². The van der Waals surface area contributed by atoms with Gasteiger partial charge in [0.25, 0.3) is 11.4 Å². The zero-order valence-electron chi connectivity index (χ0n) is 13.6. The van der Waals surface area contributed by atoms with Crippen LogP contribution in [-0.2, 0) is 0 Å². The summed E-state index contributed by atoms with van der Waals surface area (Å²) >= 11 is 0. The van der Waals surface area contributed by atoms with E-state index in [1.165, 1.54) is 12.1 Å². The van der Waals surface area contributed by atoms with Crippen LogP contribution in [0.15, 0.2) is 35.2 Å². The van der Waals surface area contributed by atoms with Gasteiger partial charge in [-0.2, -0.15) is 10.5 Å². The van der Waals surface area contributed by atoms with E-state index in [0.717, 1.165) is 0 Å². The first-order valence-corrected chi connectivity index (χ1v) is 7.32. The van der Waals surface area contributed by atoms with Crippen molar-refractivity contribution in [2.45, 2.75) is 0 Å². The molecule has 0 aromatic heterocycles. The van der Waals surface area contributed by atoms with Crippen molar-refractivity contribution in [1.82, 2.24) is 0 Å². The van der Waals surface area contributed by atoms with Gasteiger partial charge in [-0.3, -0.25) is 0 Å². The predicted molar refractivity (Wildman–Crippen MR) is 92.0 cm³/mol. The molecule has 0 N–H and O–H groups in total. The van der Waals surface area contributed by atoms with E-state index in [0.29, 0.717) is 0 Å². The summed E-state index contributed by atoms with van der Waals surface area (Å²) in [6, 6.07) is 8.79. The Balaban J connectivity index is 2.53.